The summed E-state index contributed by atoms with van der Waals surface area (Å²) < 4.78 is 39.3. The fourth-order valence-corrected chi connectivity index (χ4v) is 3.50. The third-order valence-corrected chi connectivity index (χ3v) is 6.10. The molecule has 1 aliphatic rings. The van der Waals surface area contributed by atoms with Gasteiger partial charge in [0.25, 0.3) is 0 Å². The largest absolute Gasteiger partial charge is 0.466 e. The molecule has 1 heterocycles. The van der Waals surface area contributed by atoms with Crippen molar-refractivity contribution in [3.63, 3.8) is 0 Å². The number of ether oxygens (including phenoxy) is 3. The number of anilines is 1. The standard InChI is InChI=1S/C17H21NO7S/c1-11(2)26(21,22)13-7-5-12(6-8-13)18-10-25-9-14(16(19)23-3)15(18)17(20)24-4/h5-8,11H,9-10H2,1-4H3. The molecule has 0 unspecified atom stereocenters. The van der Waals surface area contributed by atoms with E-state index in [2.05, 4.69) is 0 Å². The summed E-state index contributed by atoms with van der Waals surface area (Å²) in [7, 11) is -1.01. The lowest BCUT2D eigenvalue weighted by atomic mass is 10.1. The first-order valence-corrected chi connectivity index (χ1v) is 9.37. The third kappa shape index (κ3) is 3.73. The van der Waals surface area contributed by atoms with Crippen molar-refractivity contribution in [3.8, 4) is 0 Å². The minimum atomic E-state index is -3.41. The number of rotatable bonds is 5. The Balaban J connectivity index is 2.49. The van der Waals surface area contributed by atoms with Crippen molar-refractivity contribution in [2.45, 2.75) is 24.0 Å². The van der Waals surface area contributed by atoms with Gasteiger partial charge in [-0.15, -0.1) is 0 Å². The van der Waals surface area contributed by atoms with E-state index in [-0.39, 0.29) is 29.5 Å². The minimum Gasteiger partial charge on any atom is -0.466 e. The van der Waals surface area contributed by atoms with Crippen LogP contribution in [-0.2, 0) is 33.6 Å². The topological polar surface area (TPSA) is 99.2 Å². The second kappa shape index (κ2) is 7.88. The van der Waals surface area contributed by atoms with Crippen LogP contribution in [0.3, 0.4) is 0 Å². The Labute approximate surface area is 152 Å². The Morgan fingerprint density at radius 3 is 2.15 bits per heavy atom. The predicted molar refractivity (Wildman–Crippen MR) is 93.1 cm³/mol. The Morgan fingerprint density at radius 1 is 1.08 bits per heavy atom. The first-order valence-electron chi connectivity index (χ1n) is 7.83. The predicted octanol–water partition coefficient (Wildman–Crippen LogP) is 1.26. The van der Waals surface area contributed by atoms with Crippen LogP contribution in [0.2, 0.25) is 0 Å². The van der Waals surface area contributed by atoms with Crippen molar-refractivity contribution in [1.29, 1.82) is 0 Å². The average Bonchev–Trinajstić information content (AvgIpc) is 2.66. The van der Waals surface area contributed by atoms with E-state index in [1.807, 2.05) is 0 Å². The molecule has 0 spiro atoms. The number of carbonyl (C=O) groups excluding carboxylic acids is 2. The summed E-state index contributed by atoms with van der Waals surface area (Å²) in [5.41, 5.74) is 0.517. The number of hydrogen-bond donors (Lipinski definition) is 0. The van der Waals surface area contributed by atoms with Crippen molar-refractivity contribution in [1.82, 2.24) is 0 Å². The highest BCUT2D eigenvalue weighted by atomic mass is 32.2. The van der Waals surface area contributed by atoms with Crippen LogP contribution in [0.25, 0.3) is 0 Å². The third-order valence-electron chi connectivity index (χ3n) is 3.93. The van der Waals surface area contributed by atoms with Gasteiger partial charge in [-0.05, 0) is 38.1 Å². The molecule has 0 amide bonds. The summed E-state index contributed by atoms with van der Waals surface area (Å²) >= 11 is 0. The fraction of sp³-hybridized carbons (Fsp3) is 0.412. The number of hydrogen-bond acceptors (Lipinski definition) is 8. The van der Waals surface area contributed by atoms with Crippen molar-refractivity contribution in [3.05, 3.63) is 35.5 Å². The zero-order valence-electron chi connectivity index (χ0n) is 15.0. The summed E-state index contributed by atoms with van der Waals surface area (Å²) in [5.74, 6) is -1.42. The van der Waals surface area contributed by atoms with Gasteiger partial charge in [-0.3, -0.25) is 0 Å². The smallest absolute Gasteiger partial charge is 0.355 e. The van der Waals surface area contributed by atoms with Gasteiger partial charge in [0.2, 0.25) is 0 Å². The SMILES string of the molecule is COC(=O)C1=C(C(=O)OC)N(c2ccc(S(=O)(=O)C(C)C)cc2)COC1. The van der Waals surface area contributed by atoms with Crippen molar-refractivity contribution in [2.24, 2.45) is 0 Å². The molecule has 0 bridgehead atoms. The van der Waals surface area contributed by atoms with E-state index in [4.69, 9.17) is 14.2 Å². The van der Waals surface area contributed by atoms with Crippen LogP contribution in [0.5, 0.6) is 0 Å². The molecule has 0 atom stereocenters. The molecular weight excluding hydrogens is 362 g/mol. The summed E-state index contributed by atoms with van der Waals surface area (Å²) in [5, 5.41) is -0.553. The Morgan fingerprint density at radius 2 is 1.65 bits per heavy atom. The molecule has 1 aromatic carbocycles. The van der Waals surface area contributed by atoms with Gasteiger partial charge in [-0.25, -0.2) is 18.0 Å². The molecule has 1 aromatic rings. The van der Waals surface area contributed by atoms with Crippen molar-refractivity contribution < 1.29 is 32.2 Å². The van der Waals surface area contributed by atoms with Gasteiger partial charge < -0.3 is 19.1 Å². The van der Waals surface area contributed by atoms with E-state index in [0.29, 0.717) is 5.69 Å². The number of sulfone groups is 1. The zero-order chi connectivity index (χ0) is 19.5. The van der Waals surface area contributed by atoms with Gasteiger partial charge in [0.05, 0.1) is 36.5 Å². The second-order valence-corrected chi connectivity index (χ2v) is 8.31. The molecule has 0 radical (unpaired) electrons. The molecule has 0 N–H and O–H groups in total. The highest BCUT2D eigenvalue weighted by Gasteiger charge is 2.32. The number of methoxy groups -OCH3 is 2. The molecule has 0 fully saturated rings. The van der Waals surface area contributed by atoms with Gasteiger partial charge in [-0.1, -0.05) is 0 Å². The van der Waals surface area contributed by atoms with E-state index < -0.39 is 27.0 Å². The number of carbonyl (C=O) groups is 2. The molecule has 9 heteroatoms. The first-order chi connectivity index (χ1) is 12.2. The van der Waals surface area contributed by atoms with Gasteiger partial charge in [0.15, 0.2) is 9.84 Å². The van der Waals surface area contributed by atoms with Crippen LogP contribution < -0.4 is 4.90 Å². The Kier molecular flexibility index (Phi) is 6.04. The highest BCUT2D eigenvalue weighted by molar-refractivity contribution is 7.92. The molecule has 8 nitrogen and oxygen atoms in total. The van der Waals surface area contributed by atoms with Gasteiger partial charge >= 0.3 is 11.9 Å². The normalized spacial score (nSPS) is 15.2. The highest BCUT2D eigenvalue weighted by Crippen LogP contribution is 2.28. The van der Waals surface area contributed by atoms with E-state index >= 15 is 0 Å². The van der Waals surface area contributed by atoms with E-state index in [0.717, 1.165) is 0 Å². The summed E-state index contributed by atoms with van der Waals surface area (Å²) in [6.45, 7) is 3.11. The van der Waals surface area contributed by atoms with Gasteiger partial charge in [-0.2, -0.15) is 0 Å². The van der Waals surface area contributed by atoms with Crippen LogP contribution in [0.4, 0.5) is 5.69 Å². The first kappa shape index (κ1) is 19.9. The van der Waals surface area contributed by atoms with Gasteiger partial charge in [0.1, 0.15) is 12.4 Å². The van der Waals surface area contributed by atoms with Crippen LogP contribution in [0.15, 0.2) is 40.4 Å². The van der Waals surface area contributed by atoms with Crippen LogP contribution in [-0.4, -0.2) is 53.2 Å². The molecule has 0 saturated heterocycles. The molecular formula is C17H21NO7S. The number of benzene rings is 1. The Bertz CT molecular complexity index is 825. The molecule has 2 rings (SSSR count). The van der Waals surface area contributed by atoms with Crippen LogP contribution in [0.1, 0.15) is 13.8 Å². The lowest BCUT2D eigenvalue weighted by molar-refractivity contribution is -0.140. The molecule has 0 saturated carbocycles. The van der Waals surface area contributed by atoms with Crippen molar-refractivity contribution in [2.75, 3.05) is 32.5 Å². The summed E-state index contributed by atoms with van der Waals surface area (Å²) in [4.78, 5) is 25.8. The molecule has 142 valence electrons. The fourth-order valence-electron chi connectivity index (χ4n) is 2.44. The lowest BCUT2D eigenvalue weighted by Crippen LogP contribution is -2.38. The van der Waals surface area contributed by atoms with Crippen LogP contribution in [0, 0.1) is 0 Å². The Hall–Kier alpha value is -2.39. The summed E-state index contributed by atoms with van der Waals surface area (Å²) in [6.07, 6.45) is 0. The van der Waals surface area contributed by atoms with Crippen molar-refractivity contribution >= 4 is 27.5 Å². The van der Waals surface area contributed by atoms with E-state index in [1.165, 1.54) is 31.3 Å². The average molecular weight is 383 g/mol. The lowest BCUT2D eigenvalue weighted by Gasteiger charge is -2.31. The molecule has 0 aromatic heterocycles. The maximum absolute atomic E-state index is 12.2. The maximum Gasteiger partial charge on any atom is 0.355 e. The maximum atomic E-state index is 12.2. The van der Waals surface area contributed by atoms with Crippen LogP contribution >= 0.6 is 0 Å². The second-order valence-electron chi connectivity index (χ2n) is 5.80. The number of esters is 2. The zero-order valence-corrected chi connectivity index (χ0v) is 15.8. The molecule has 0 aliphatic carbocycles. The molecule has 26 heavy (non-hydrogen) atoms. The van der Waals surface area contributed by atoms with E-state index in [1.54, 1.807) is 26.0 Å². The van der Waals surface area contributed by atoms with Gasteiger partial charge in [0, 0.05) is 5.69 Å². The minimum absolute atomic E-state index is 0.00120. The quantitative estimate of drug-likeness (QED) is 0.701. The molecule has 1 aliphatic heterocycles. The summed E-state index contributed by atoms with van der Waals surface area (Å²) in [6, 6.07) is 5.99. The van der Waals surface area contributed by atoms with E-state index in [9.17, 15) is 18.0 Å². The number of nitrogens with zero attached hydrogens (tertiary/aromatic N) is 1. The monoisotopic (exact) mass is 383 g/mol.